The van der Waals surface area contributed by atoms with Crippen LogP contribution in [0.1, 0.15) is 18.4 Å². The number of fused-ring (bicyclic) bond motifs is 1. The molecule has 1 aliphatic heterocycles. The highest BCUT2D eigenvalue weighted by Crippen LogP contribution is 2.32. The molecular formula is C10H11BF2O2. The summed E-state index contributed by atoms with van der Waals surface area (Å²) < 4.78 is 32.3. The molecule has 15 heavy (non-hydrogen) atoms. The second-order valence-electron chi connectivity index (χ2n) is 3.62. The highest BCUT2D eigenvalue weighted by Gasteiger charge is 2.37. The number of hydrogen-bond acceptors (Lipinski definition) is 2. The third kappa shape index (κ3) is 2.03. The van der Waals surface area contributed by atoms with E-state index in [0.717, 1.165) is 0 Å². The van der Waals surface area contributed by atoms with Crippen molar-refractivity contribution in [1.29, 1.82) is 0 Å². The van der Waals surface area contributed by atoms with Crippen LogP contribution in [0.4, 0.5) is 8.78 Å². The Morgan fingerprint density at radius 1 is 1.33 bits per heavy atom. The Balaban J connectivity index is 2.48. The summed E-state index contributed by atoms with van der Waals surface area (Å²) in [6.45, 7) is 0.158. The van der Waals surface area contributed by atoms with Crippen molar-refractivity contribution < 1.29 is 18.5 Å². The SMILES string of the molecule is OB1OCCCC(F)(F)c2ccccc21. The van der Waals surface area contributed by atoms with Gasteiger partial charge in [-0.2, -0.15) is 0 Å². The maximum absolute atomic E-state index is 13.6. The summed E-state index contributed by atoms with van der Waals surface area (Å²) in [5.41, 5.74) is 0.0411. The van der Waals surface area contributed by atoms with Gasteiger partial charge in [-0.25, -0.2) is 8.78 Å². The van der Waals surface area contributed by atoms with Gasteiger partial charge in [-0.15, -0.1) is 0 Å². The first-order valence-corrected chi connectivity index (χ1v) is 4.88. The molecule has 0 saturated carbocycles. The van der Waals surface area contributed by atoms with Gasteiger partial charge in [-0.05, 0) is 11.9 Å². The minimum atomic E-state index is -2.87. The second-order valence-corrected chi connectivity index (χ2v) is 3.62. The molecule has 0 unspecified atom stereocenters. The summed E-state index contributed by atoms with van der Waals surface area (Å²) in [7, 11) is -1.24. The normalized spacial score (nSPS) is 20.3. The van der Waals surface area contributed by atoms with Crippen LogP contribution >= 0.6 is 0 Å². The van der Waals surface area contributed by atoms with E-state index in [-0.39, 0.29) is 30.5 Å². The predicted octanol–water partition coefficient (Wildman–Crippen LogP) is 1.28. The molecule has 1 N–H and O–H groups in total. The minimum absolute atomic E-state index is 0.128. The van der Waals surface area contributed by atoms with E-state index >= 15 is 0 Å². The first-order valence-electron chi connectivity index (χ1n) is 4.88. The Kier molecular flexibility index (Phi) is 2.75. The van der Waals surface area contributed by atoms with Gasteiger partial charge in [0.05, 0.1) is 0 Å². The van der Waals surface area contributed by atoms with Gasteiger partial charge in [0.15, 0.2) is 0 Å². The van der Waals surface area contributed by atoms with E-state index in [1.807, 2.05) is 0 Å². The number of halogens is 2. The van der Waals surface area contributed by atoms with Crippen molar-refractivity contribution in [2.24, 2.45) is 0 Å². The molecule has 80 valence electrons. The molecule has 2 rings (SSSR count). The summed E-state index contributed by atoms with van der Waals surface area (Å²) in [4.78, 5) is 0. The lowest BCUT2D eigenvalue weighted by molar-refractivity contribution is -0.0196. The van der Waals surface area contributed by atoms with E-state index in [2.05, 4.69) is 0 Å². The quantitative estimate of drug-likeness (QED) is 0.656. The molecule has 0 aliphatic carbocycles. The second kappa shape index (κ2) is 3.91. The van der Waals surface area contributed by atoms with Crippen LogP contribution in [0.15, 0.2) is 24.3 Å². The first kappa shape index (κ1) is 10.6. The molecule has 1 aromatic carbocycles. The Hall–Kier alpha value is -0.935. The van der Waals surface area contributed by atoms with Gasteiger partial charge in [0.1, 0.15) is 0 Å². The standard InChI is InChI=1S/C10H11BF2O2/c12-10(13)6-3-7-15-11(14)9-5-2-1-4-8(9)10/h1-2,4-5,14H,3,6-7H2. The third-order valence-electron chi connectivity index (χ3n) is 2.53. The van der Waals surface area contributed by atoms with Gasteiger partial charge < -0.3 is 9.68 Å². The summed E-state index contributed by atoms with van der Waals surface area (Å²) >= 11 is 0. The fourth-order valence-corrected chi connectivity index (χ4v) is 1.76. The fourth-order valence-electron chi connectivity index (χ4n) is 1.76. The lowest BCUT2D eigenvalue weighted by atomic mass is 9.73. The van der Waals surface area contributed by atoms with Gasteiger partial charge in [-0.1, -0.05) is 24.3 Å². The lowest BCUT2D eigenvalue weighted by Crippen LogP contribution is -2.41. The van der Waals surface area contributed by atoms with Crippen LogP contribution in [0.2, 0.25) is 0 Å². The van der Waals surface area contributed by atoms with E-state index in [0.29, 0.717) is 0 Å². The summed E-state index contributed by atoms with van der Waals surface area (Å²) in [6, 6.07) is 5.97. The monoisotopic (exact) mass is 212 g/mol. The molecule has 0 fully saturated rings. The Labute approximate surface area is 87.0 Å². The van der Waals surface area contributed by atoms with Crippen molar-refractivity contribution in [3.05, 3.63) is 29.8 Å². The van der Waals surface area contributed by atoms with E-state index in [1.165, 1.54) is 12.1 Å². The number of hydrogen-bond donors (Lipinski definition) is 1. The highest BCUT2D eigenvalue weighted by atomic mass is 19.3. The average Bonchev–Trinajstić information content (AvgIpc) is 2.23. The number of alkyl halides is 2. The molecule has 5 heteroatoms. The lowest BCUT2D eigenvalue weighted by Gasteiger charge is -2.24. The summed E-state index contributed by atoms with van der Waals surface area (Å²) in [5, 5.41) is 9.54. The molecule has 1 aromatic rings. The fraction of sp³-hybridized carbons (Fsp3) is 0.400. The molecule has 0 saturated heterocycles. The molecule has 0 radical (unpaired) electrons. The highest BCUT2D eigenvalue weighted by molar-refractivity contribution is 6.60. The first-order chi connectivity index (χ1) is 7.11. The summed E-state index contributed by atoms with van der Waals surface area (Å²) in [6.07, 6.45) is 0.00906. The van der Waals surface area contributed by atoms with Gasteiger partial charge in [-0.3, -0.25) is 0 Å². The smallest absolute Gasteiger partial charge is 0.423 e. The van der Waals surface area contributed by atoms with Crippen molar-refractivity contribution in [3.8, 4) is 0 Å². The zero-order valence-corrected chi connectivity index (χ0v) is 8.12. The maximum atomic E-state index is 13.6. The van der Waals surface area contributed by atoms with Gasteiger partial charge in [0.2, 0.25) is 0 Å². The van der Waals surface area contributed by atoms with Crippen molar-refractivity contribution in [2.75, 3.05) is 6.61 Å². The molecule has 0 bridgehead atoms. The molecule has 0 spiro atoms. The van der Waals surface area contributed by atoms with Crippen molar-refractivity contribution in [2.45, 2.75) is 18.8 Å². The van der Waals surface area contributed by atoms with Crippen LogP contribution in [0.3, 0.4) is 0 Å². The zero-order chi connectivity index (χ0) is 10.9. The molecule has 2 nitrogen and oxygen atoms in total. The van der Waals surface area contributed by atoms with Crippen molar-refractivity contribution in [1.82, 2.24) is 0 Å². The topological polar surface area (TPSA) is 29.5 Å². The average molecular weight is 212 g/mol. The molecule has 0 aromatic heterocycles. The Morgan fingerprint density at radius 2 is 2.07 bits per heavy atom. The van der Waals surface area contributed by atoms with E-state index in [9.17, 15) is 13.8 Å². The van der Waals surface area contributed by atoms with Crippen LogP contribution in [0, 0.1) is 0 Å². The number of rotatable bonds is 0. The largest absolute Gasteiger partial charge is 0.491 e. The van der Waals surface area contributed by atoms with Crippen molar-refractivity contribution >= 4 is 12.6 Å². The minimum Gasteiger partial charge on any atom is -0.423 e. The molecule has 0 atom stereocenters. The van der Waals surface area contributed by atoms with Crippen LogP contribution < -0.4 is 5.46 Å². The molecule has 1 heterocycles. The molecule has 1 aliphatic rings. The van der Waals surface area contributed by atoms with E-state index < -0.39 is 13.0 Å². The third-order valence-corrected chi connectivity index (χ3v) is 2.53. The van der Waals surface area contributed by atoms with Crippen molar-refractivity contribution in [3.63, 3.8) is 0 Å². The molecule has 0 amide bonds. The van der Waals surface area contributed by atoms with E-state index in [4.69, 9.17) is 4.65 Å². The number of benzene rings is 1. The Bertz CT molecular complexity index is 357. The van der Waals surface area contributed by atoms with Gasteiger partial charge in [0.25, 0.3) is 5.92 Å². The van der Waals surface area contributed by atoms with Crippen LogP contribution in [0.5, 0.6) is 0 Å². The zero-order valence-electron chi connectivity index (χ0n) is 8.12. The van der Waals surface area contributed by atoms with Gasteiger partial charge >= 0.3 is 7.12 Å². The maximum Gasteiger partial charge on any atom is 0.491 e. The van der Waals surface area contributed by atoms with E-state index in [1.54, 1.807) is 12.1 Å². The van der Waals surface area contributed by atoms with Crippen LogP contribution in [0.25, 0.3) is 0 Å². The van der Waals surface area contributed by atoms with Crippen LogP contribution in [-0.2, 0) is 10.6 Å². The predicted molar refractivity (Wildman–Crippen MR) is 53.1 cm³/mol. The van der Waals surface area contributed by atoms with Gasteiger partial charge in [0, 0.05) is 18.6 Å². The van der Waals surface area contributed by atoms with Crippen LogP contribution in [-0.4, -0.2) is 18.7 Å². The molecular weight excluding hydrogens is 201 g/mol. The summed E-state index contributed by atoms with van der Waals surface area (Å²) in [5.74, 6) is -2.87. The Morgan fingerprint density at radius 3 is 2.87 bits per heavy atom.